The molecule has 2 heterocycles. The molecule has 2 fully saturated rings. The predicted octanol–water partition coefficient (Wildman–Crippen LogP) is 0.506. The topological polar surface area (TPSA) is 71.7 Å². The standard InChI is InChI=1S/C7H13NOS.C6H12NOS.O.Tc/c1-8-3-2-7(9)4-6(8)5-10;1-6(4-9)5(8)2-3-7-6;;/h6,10H,2-5H2,1H3;5,8-9H,2-4H2,1H3;;/q;-1;;+3/p-2/t6-;5-,6+;;/m00../s1. The Morgan fingerprint density at radius 1 is 1.48 bits per heavy atom. The number of Topliss-reactive ketones (excluding diaryl/α,β-unsaturated/α-hetero) is 1. The minimum absolute atomic E-state index is 0.296. The van der Waals surface area contributed by atoms with Gasteiger partial charge in [-0.25, -0.2) is 0 Å². The summed E-state index contributed by atoms with van der Waals surface area (Å²) in [4.78, 5) is 13.1. The van der Waals surface area contributed by atoms with Crippen molar-refractivity contribution in [2.45, 2.75) is 43.9 Å². The Kier molecular flexibility index (Phi) is 11.6. The van der Waals surface area contributed by atoms with Crippen LogP contribution in [-0.2, 0) is 52.4 Å². The van der Waals surface area contributed by atoms with E-state index in [9.17, 15) is 9.90 Å². The van der Waals surface area contributed by atoms with Crippen LogP contribution in [0.2, 0.25) is 0 Å². The predicted molar refractivity (Wildman–Crippen MR) is 83.1 cm³/mol. The summed E-state index contributed by atoms with van der Waals surface area (Å²) >= 11 is 10.7. The van der Waals surface area contributed by atoms with Gasteiger partial charge in [0.05, 0.1) is 0 Å². The molecule has 0 aliphatic carbocycles. The maximum absolute atomic E-state index is 10.9. The van der Waals surface area contributed by atoms with Gasteiger partial charge in [0.15, 0.2) is 0 Å². The van der Waals surface area contributed by atoms with E-state index in [0.717, 1.165) is 38.4 Å². The summed E-state index contributed by atoms with van der Waals surface area (Å²) in [6.07, 6.45) is 1.87. The Morgan fingerprint density at radius 2 is 2.10 bits per heavy atom. The van der Waals surface area contributed by atoms with Gasteiger partial charge in [-0.2, -0.15) is 11.5 Å². The number of carbonyl (C=O) groups is 1. The van der Waals surface area contributed by atoms with Crippen LogP contribution in [0.1, 0.15) is 26.2 Å². The number of likely N-dealkylation sites (tertiary alicyclic amines) is 1. The van der Waals surface area contributed by atoms with E-state index in [0.29, 0.717) is 36.2 Å². The number of aliphatic hydroxyl groups excluding tert-OH is 1. The average molecular weight is 417 g/mol. The monoisotopic (exact) mass is 416 g/mol. The fourth-order valence-electron chi connectivity index (χ4n) is 2.19. The molecule has 0 aromatic rings. The van der Waals surface area contributed by atoms with E-state index in [1.165, 1.54) is 0 Å². The molecule has 0 unspecified atom stereocenters. The number of piperidine rings is 1. The number of carbonyl (C=O) groups excluding carboxylic acids is 1. The number of nitrogens with zero attached hydrogens (tertiary/aromatic N) is 2. The van der Waals surface area contributed by atoms with Crippen LogP contribution in [0, 0.1) is 0 Å². The molecule has 0 aromatic heterocycles. The van der Waals surface area contributed by atoms with Crippen LogP contribution in [0.4, 0.5) is 0 Å². The van der Waals surface area contributed by atoms with E-state index in [1.54, 1.807) is 0 Å². The second-order valence-electron chi connectivity index (χ2n) is 5.48. The van der Waals surface area contributed by atoms with Crippen LogP contribution in [0.5, 0.6) is 0 Å². The molecule has 21 heavy (non-hydrogen) atoms. The van der Waals surface area contributed by atoms with Crippen molar-refractivity contribution in [3.05, 3.63) is 5.32 Å². The molecular formula is C13H23N2O3S2Tc. The molecule has 0 radical (unpaired) electrons. The molecule has 2 saturated heterocycles. The molecule has 2 aliphatic rings. The molecule has 2 aliphatic heterocycles. The summed E-state index contributed by atoms with van der Waals surface area (Å²) < 4.78 is 8.22. The van der Waals surface area contributed by atoms with E-state index in [2.05, 4.69) is 10.2 Å². The Labute approximate surface area is 148 Å². The minimum atomic E-state index is -0.310. The van der Waals surface area contributed by atoms with Crippen molar-refractivity contribution in [3.8, 4) is 0 Å². The van der Waals surface area contributed by atoms with Crippen molar-refractivity contribution >= 4 is 31.0 Å². The second-order valence-corrected chi connectivity index (χ2v) is 6.10. The second kappa shape index (κ2) is 11.3. The number of hydrogen-bond donors (Lipinski definition) is 1. The number of rotatable bonds is 2. The first-order chi connectivity index (χ1) is 9.92. The van der Waals surface area contributed by atoms with E-state index in [1.807, 2.05) is 14.0 Å². The van der Waals surface area contributed by atoms with Gasteiger partial charge in [0, 0.05) is 25.5 Å². The SMILES string of the molecule is CN1CCC(=O)C[C@H]1C[S-].C[C@]1(C[S-])[N-]CC[C@@H]1O.[O]=[Tc+3]. The summed E-state index contributed by atoms with van der Waals surface area (Å²) in [5, 5.41) is 13.5. The van der Waals surface area contributed by atoms with Crippen molar-refractivity contribution in [2.24, 2.45) is 0 Å². The summed E-state index contributed by atoms with van der Waals surface area (Å²) in [5.41, 5.74) is -0.310. The maximum atomic E-state index is 10.9. The zero-order valence-corrected chi connectivity index (χ0v) is 15.9. The van der Waals surface area contributed by atoms with Gasteiger partial charge in [0.1, 0.15) is 5.78 Å². The number of hydrogen-bond acceptors (Lipinski definition) is 6. The molecule has 0 spiro atoms. The normalized spacial score (nSPS) is 32.7. The van der Waals surface area contributed by atoms with Crippen molar-refractivity contribution in [2.75, 3.05) is 31.6 Å². The molecule has 3 atom stereocenters. The molecule has 2 rings (SSSR count). The third kappa shape index (κ3) is 7.20. The van der Waals surface area contributed by atoms with Crippen molar-refractivity contribution < 1.29 is 32.3 Å². The summed E-state index contributed by atoms with van der Waals surface area (Å²) in [6, 6.07) is 0.330. The van der Waals surface area contributed by atoms with Crippen LogP contribution in [0.3, 0.4) is 0 Å². The molecule has 0 amide bonds. The summed E-state index contributed by atoms with van der Waals surface area (Å²) in [7, 11) is 2.03. The quantitative estimate of drug-likeness (QED) is 0.660. The Bertz CT molecular complexity index is 326. The molecule has 122 valence electrons. The van der Waals surface area contributed by atoms with E-state index >= 15 is 0 Å². The van der Waals surface area contributed by atoms with Gasteiger partial charge in [0.25, 0.3) is 0 Å². The first-order valence-electron chi connectivity index (χ1n) is 6.83. The summed E-state index contributed by atoms with van der Waals surface area (Å²) in [6.45, 7) is 3.58. The van der Waals surface area contributed by atoms with Gasteiger partial charge in [-0.3, -0.25) is 4.79 Å². The average Bonchev–Trinajstić information content (AvgIpc) is 2.84. The van der Waals surface area contributed by atoms with Crippen molar-refractivity contribution in [1.82, 2.24) is 4.90 Å². The zero-order valence-electron chi connectivity index (χ0n) is 12.5. The number of aliphatic hydroxyl groups is 1. The summed E-state index contributed by atoms with van der Waals surface area (Å²) in [5.74, 6) is 1.59. The van der Waals surface area contributed by atoms with Crippen LogP contribution in [-0.4, -0.2) is 65.1 Å². The zero-order chi connectivity index (χ0) is 16.5. The van der Waals surface area contributed by atoms with Crippen molar-refractivity contribution in [3.63, 3.8) is 0 Å². The van der Waals surface area contributed by atoms with Gasteiger partial charge in [0.2, 0.25) is 0 Å². The Balaban J connectivity index is 0.000000342. The third-order valence-electron chi connectivity index (χ3n) is 3.91. The third-order valence-corrected chi connectivity index (χ3v) is 4.88. The van der Waals surface area contributed by atoms with Crippen molar-refractivity contribution in [1.29, 1.82) is 0 Å². The molecule has 5 nitrogen and oxygen atoms in total. The van der Waals surface area contributed by atoms with Gasteiger partial charge in [-0.1, -0.05) is 6.92 Å². The first kappa shape index (κ1) is 21.7. The molecular weight excluding hydrogens is 394 g/mol. The fraction of sp³-hybridized carbons (Fsp3) is 0.923. The van der Waals surface area contributed by atoms with Crippen LogP contribution in [0.25, 0.3) is 5.32 Å². The molecule has 0 bridgehead atoms. The van der Waals surface area contributed by atoms with Crippen LogP contribution in [0.15, 0.2) is 0 Å². The van der Waals surface area contributed by atoms with Crippen LogP contribution >= 0.6 is 0 Å². The Morgan fingerprint density at radius 3 is 2.43 bits per heavy atom. The van der Waals surface area contributed by atoms with Gasteiger partial charge < -0.3 is 40.6 Å². The molecule has 0 saturated carbocycles. The van der Waals surface area contributed by atoms with Gasteiger partial charge >= 0.3 is 22.4 Å². The number of ketones is 1. The molecule has 0 aromatic carbocycles. The molecule has 8 heteroatoms. The Hall–Kier alpha value is 0.699. The van der Waals surface area contributed by atoms with Gasteiger partial charge in [-0.05, 0) is 19.5 Å². The van der Waals surface area contributed by atoms with E-state index in [-0.39, 0.29) is 11.6 Å². The first-order valence-corrected chi connectivity index (χ1v) is 8.74. The van der Waals surface area contributed by atoms with Gasteiger partial charge in [-0.15, -0.1) is 12.1 Å². The van der Waals surface area contributed by atoms with E-state index in [4.69, 9.17) is 28.8 Å². The van der Waals surface area contributed by atoms with E-state index < -0.39 is 0 Å². The fourth-order valence-corrected chi connectivity index (χ4v) is 2.85. The molecule has 1 N–H and O–H groups in total. The van der Waals surface area contributed by atoms with Crippen LogP contribution < -0.4 is 0 Å².